The van der Waals surface area contributed by atoms with Crippen LogP contribution in [0.25, 0.3) is 0 Å². The van der Waals surface area contributed by atoms with Crippen molar-refractivity contribution in [3.05, 3.63) is 16.3 Å². The lowest BCUT2D eigenvalue weighted by molar-refractivity contribution is -0.114. The highest BCUT2D eigenvalue weighted by Crippen LogP contribution is 2.32. The van der Waals surface area contributed by atoms with E-state index in [-0.39, 0.29) is 33.0 Å². The van der Waals surface area contributed by atoms with Crippen LogP contribution in [0.2, 0.25) is 0 Å². The molecule has 0 saturated carbocycles. The topological polar surface area (TPSA) is 163 Å². The molecule has 0 aliphatic heterocycles. The summed E-state index contributed by atoms with van der Waals surface area (Å²) < 4.78 is 0. The zero-order valence-electron chi connectivity index (χ0n) is 12.7. The Morgan fingerprint density at radius 3 is 2.42 bits per heavy atom. The molecule has 1 aromatic heterocycles. The predicted octanol–water partition coefficient (Wildman–Crippen LogP) is 1.23. The summed E-state index contributed by atoms with van der Waals surface area (Å²) in [5.41, 5.74) is 11.2. The van der Waals surface area contributed by atoms with E-state index in [1.807, 2.05) is 6.07 Å². The summed E-state index contributed by atoms with van der Waals surface area (Å²) in [5.74, 6) is -1.30. The number of rotatable bonds is 5. The van der Waals surface area contributed by atoms with Crippen molar-refractivity contribution in [1.82, 2.24) is 10.4 Å². The predicted molar refractivity (Wildman–Crippen MR) is 92.2 cm³/mol. The van der Waals surface area contributed by atoms with Gasteiger partial charge in [0.15, 0.2) is 16.7 Å². The summed E-state index contributed by atoms with van der Waals surface area (Å²) in [7, 11) is 0. The number of anilines is 2. The van der Waals surface area contributed by atoms with Gasteiger partial charge in [-0.1, -0.05) is 23.6 Å². The number of nitriles is 3. The van der Waals surface area contributed by atoms with E-state index in [0.29, 0.717) is 5.00 Å². The molecular formula is C13H12N8OS2. The fourth-order valence-corrected chi connectivity index (χ4v) is 2.55. The van der Waals surface area contributed by atoms with Crippen molar-refractivity contribution in [3.8, 4) is 18.2 Å². The van der Waals surface area contributed by atoms with Crippen LogP contribution in [0.5, 0.6) is 0 Å². The molecule has 1 rings (SSSR count). The molecule has 0 bridgehead atoms. The maximum atomic E-state index is 11.2. The molecule has 1 amide bonds. The standard InChI is InChI=1S/C13H12N8OS2/c1-6(17)9(5-16)11(23)20-21-13-10(18-7(2)22)19-12(24-13)8(3-14)4-15/h8,21H,17H2,1-2H3,(H,18,22)(H,20,23)/b9-6-. The Morgan fingerprint density at radius 2 is 1.96 bits per heavy atom. The van der Waals surface area contributed by atoms with E-state index in [9.17, 15) is 4.79 Å². The number of nitrogens with two attached hydrogens (primary N) is 1. The molecular weight excluding hydrogens is 348 g/mol. The fraction of sp³-hybridized carbons (Fsp3) is 0.231. The normalized spacial score (nSPS) is 10.7. The summed E-state index contributed by atoms with van der Waals surface area (Å²) in [6, 6.07) is 5.47. The first kappa shape index (κ1) is 18.8. The van der Waals surface area contributed by atoms with Crippen molar-refractivity contribution in [3.63, 3.8) is 0 Å². The van der Waals surface area contributed by atoms with Crippen LogP contribution in [-0.2, 0) is 4.79 Å². The van der Waals surface area contributed by atoms with Crippen LogP contribution in [0, 0.1) is 34.0 Å². The number of carbonyl (C=O) groups excluding carboxylic acids is 1. The lowest BCUT2D eigenvalue weighted by atomic mass is 10.2. The molecule has 0 atom stereocenters. The number of thiocarbonyl (C=S) groups is 1. The van der Waals surface area contributed by atoms with Gasteiger partial charge in [-0.05, 0) is 6.92 Å². The first-order chi connectivity index (χ1) is 11.3. The summed E-state index contributed by atoms with van der Waals surface area (Å²) in [6.45, 7) is 2.83. The van der Waals surface area contributed by atoms with Gasteiger partial charge in [-0.2, -0.15) is 15.8 Å². The molecule has 0 aliphatic carbocycles. The zero-order valence-corrected chi connectivity index (χ0v) is 14.3. The first-order valence-electron chi connectivity index (χ1n) is 6.34. The number of amides is 1. The van der Waals surface area contributed by atoms with Gasteiger partial charge in [0.2, 0.25) is 5.91 Å². The largest absolute Gasteiger partial charge is 0.401 e. The molecule has 0 aromatic carbocycles. The summed E-state index contributed by atoms with van der Waals surface area (Å²) in [5, 5.41) is 29.9. The maximum absolute atomic E-state index is 11.2. The second kappa shape index (κ2) is 8.44. The SMILES string of the molecule is CC(=O)Nc1nc(C(C#N)C#N)sc1NNC(=S)/C(C#N)=C(/C)N. The molecule has 0 aliphatic rings. The number of hydrogen-bond donors (Lipinski definition) is 4. The van der Waals surface area contributed by atoms with Gasteiger partial charge in [0, 0.05) is 12.6 Å². The van der Waals surface area contributed by atoms with E-state index in [0.717, 1.165) is 11.3 Å². The molecule has 0 saturated heterocycles. The fourth-order valence-electron chi connectivity index (χ4n) is 1.43. The van der Waals surface area contributed by atoms with Gasteiger partial charge in [-0.15, -0.1) is 0 Å². The van der Waals surface area contributed by atoms with Gasteiger partial charge in [0.05, 0.1) is 12.1 Å². The number of thiazole rings is 1. The quantitative estimate of drug-likeness (QED) is 0.261. The van der Waals surface area contributed by atoms with E-state index in [1.54, 1.807) is 12.1 Å². The summed E-state index contributed by atoms with van der Waals surface area (Å²) in [6.07, 6.45) is 0. The average Bonchev–Trinajstić information content (AvgIpc) is 2.88. The summed E-state index contributed by atoms with van der Waals surface area (Å²) in [4.78, 5) is 15.4. The molecule has 5 N–H and O–H groups in total. The number of allylic oxidation sites excluding steroid dienone is 1. The average molecular weight is 360 g/mol. The second-order valence-corrected chi connectivity index (χ2v) is 5.79. The monoisotopic (exact) mass is 360 g/mol. The highest BCUT2D eigenvalue weighted by molar-refractivity contribution is 7.80. The summed E-state index contributed by atoms with van der Waals surface area (Å²) >= 11 is 6.04. The van der Waals surface area contributed by atoms with Crippen molar-refractivity contribution in [2.75, 3.05) is 10.7 Å². The minimum atomic E-state index is -1.06. The van der Waals surface area contributed by atoms with Crippen molar-refractivity contribution >= 4 is 45.3 Å². The lowest BCUT2D eigenvalue weighted by Gasteiger charge is -2.10. The van der Waals surface area contributed by atoms with Crippen molar-refractivity contribution < 1.29 is 4.79 Å². The van der Waals surface area contributed by atoms with Gasteiger partial charge in [-0.3, -0.25) is 15.6 Å². The number of carbonyl (C=O) groups is 1. The Morgan fingerprint density at radius 1 is 1.33 bits per heavy atom. The van der Waals surface area contributed by atoms with Crippen LogP contribution in [-0.4, -0.2) is 15.9 Å². The molecule has 1 aromatic rings. The van der Waals surface area contributed by atoms with Crippen molar-refractivity contribution in [1.29, 1.82) is 15.8 Å². The maximum Gasteiger partial charge on any atom is 0.222 e. The number of aromatic nitrogens is 1. The van der Waals surface area contributed by atoms with Crippen LogP contribution >= 0.6 is 23.6 Å². The molecule has 24 heavy (non-hydrogen) atoms. The van der Waals surface area contributed by atoms with Crippen LogP contribution in [0.15, 0.2) is 11.3 Å². The number of nitrogens with one attached hydrogen (secondary N) is 3. The van der Waals surface area contributed by atoms with Crippen molar-refractivity contribution in [2.45, 2.75) is 19.8 Å². The van der Waals surface area contributed by atoms with Crippen LogP contribution < -0.4 is 21.9 Å². The van der Waals surface area contributed by atoms with Crippen LogP contribution in [0.4, 0.5) is 10.8 Å². The smallest absolute Gasteiger partial charge is 0.222 e. The minimum absolute atomic E-state index is 0.0540. The lowest BCUT2D eigenvalue weighted by Crippen LogP contribution is -2.30. The van der Waals surface area contributed by atoms with Crippen molar-refractivity contribution in [2.24, 2.45) is 5.73 Å². The van der Waals surface area contributed by atoms with E-state index in [2.05, 4.69) is 21.2 Å². The van der Waals surface area contributed by atoms with Crippen LogP contribution in [0.3, 0.4) is 0 Å². The Kier molecular flexibility index (Phi) is 6.63. The Hall–Kier alpha value is -3.20. The van der Waals surface area contributed by atoms with Crippen LogP contribution in [0.1, 0.15) is 24.8 Å². The number of nitrogens with zero attached hydrogens (tertiary/aromatic N) is 4. The third-order valence-corrected chi connectivity index (χ3v) is 3.81. The Balaban J connectivity index is 3.06. The third kappa shape index (κ3) is 4.65. The van der Waals surface area contributed by atoms with E-state index >= 15 is 0 Å². The second-order valence-electron chi connectivity index (χ2n) is 4.35. The zero-order chi connectivity index (χ0) is 18.3. The van der Waals surface area contributed by atoms with E-state index < -0.39 is 5.92 Å². The molecule has 11 heteroatoms. The van der Waals surface area contributed by atoms with Gasteiger partial charge in [0.25, 0.3) is 0 Å². The highest BCUT2D eigenvalue weighted by atomic mass is 32.1. The highest BCUT2D eigenvalue weighted by Gasteiger charge is 2.20. The van der Waals surface area contributed by atoms with Gasteiger partial charge in [-0.25, -0.2) is 4.98 Å². The van der Waals surface area contributed by atoms with Gasteiger partial charge in [0.1, 0.15) is 21.6 Å². The molecule has 9 nitrogen and oxygen atoms in total. The van der Waals surface area contributed by atoms with Gasteiger partial charge >= 0.3 is 0 Å². The minimum Gasteiger partial charge on any atom is -0.401 e. The molecule has 1 heterocycles. The number of hydrazine groups is 1. The van der Waals surface area contributed by atoms with E-state index in [1.165, 1.54) is 13.8 Å². The van der Waals surface area contributed by atoms with E-state index in [4.69, 9.17) is 33.7 Å². The molecule has 0 fully saturated rings. The molecule has 0 unspecified atom stereocenters. The Bertz CT molecular complexity index is 802. The number of hydrogen-bond acceptors (Lipinski definition) is 9. The Labute approximate surface area is 147 Å². The first-order valence-corrected chi connectivity index (χ1v) is 7.56. The molecule has 0 spiro atoms. The third-order valence-electron chi connectivity index (χ3n) is 2.47. The molecule has 0 radical (unpaired) electrons. The van der Waals surface area contributed by atoms with Gasteiger partial charge < -0.3 is 11.1 Å². The molecule has 122 valence electrons.